The molecule has 3 aromatic rings. The molecular formula is C23H18F3N3O2S. The molecule has 0 bridgehead atoms. The molecule has 0 unspecified atom stereocenters. The average molecular weight is 457 g/mol. The van der Waals surface area contributed by atoms with Crippen LogP contribution in [0.4, 0.5) is 30.2 Å². The highest BCUT2D eigenvalue weighted by Crippen LogP contribution is 2.37. The summed E-state index contributed by atoms with van der Waals surface area (Å²) in [5, 5.41) is 4.82. The van der Waals surface area contributed by atoms with Gasteiger partial charge in [-0.15, -0.1) is 11.3 Å². The van der Waals surface area contributed by atoms with Crippen LogP contribution in [0.2, 0.25) is 0 Å². The molecule has 1 aromatic heterocycles. The SMILES string of the molecule is CN(C)c1ccc(NC2=C(c3cccs3)C(=O)N(c3ccc(C(F)(F)F)cc3)C2=O)cc1. The minimum absolute atomic E-state index is 0.0711. The van der Waals surface area contributed by atoms with Crippen molar-refractivity contribution in [3.63, 3.8) is 0 Å². The highest BCUT2D eigenvalue weighted by molar-refractivity contribution is 7.11. The molecule has 1 aliphatic rings. The normalized spacial score (nSPS) is 14.3. The van der Waals surface area contributed by atoms with Gasteiger partial charge in [-0.1, -0.05) is 6.07 Å². The summed E-state index contributed by atoms with van der Waals surface area (Å²) in [5.41, 5.74) is 1.04. The number of thiophene rings is 1. The Morgan fingerprint density at radius 2 is 1.56 bits per heavy atom. The topological polar surface area (TPSA) is 52.7 Å². The molecular weight excluding hydrogens is 439 g/mol. The third-order valence-corrected chi connectivity index (χ3v) is 5.84. The predicted molar refractivity (Wildman–Crippen MR) is 120 cm³/mol. The molecule has 2 amide bonds. The molecule has 0 saturated heterocycles. The summed E-state index contributed by atoms with van der Waals surface area (Å²) in [6, 6.07) is 14.7. The van der Waals surface area contributed by atoms with Crippen molar-refractivity contribution in [2.75, 3.05) is 29.2 Å². The van der Waals surface area contributed by atoms with Crippen molar-refractivity contribution < 1.29 is 22.8 Å². The number of nitrogens with zero attached hydrogens (tertiary/aromatic N) is 2. The molecule has 9 heteroatoms. The molecule has 0 radical (unpaired) electrons. The number of halogens is 3. The molecule has 0 fully saturated rings. The zero-order valence-electron chi connectivity index (χ0n) is 17.1. The summed E-state index contributed by atoms with van der Waals surface area (Å²) in [4.78, 5) is 29.9. The third-order valence-electron chi connectivity index (χ3n) is 4.96. The van der Waals surface area contributed by atoms with Crippen molar-refractivity contribution >= 4 is 45.8 Å². The summed E-state index contributed by atoms with van der Waals surface area (Å²) in [6.07, 6.45) is -4.51. The van der Waals surface area contributed by atoms with Gasteiger partial charge in [0, 0.05) is 30.3 Å². The Labute approximate surface area is 186 Å². The van der Waals surface area contributed by atoms with Gasteiger partial charge in [0.05, 0.1) is 16.8 Å². The first-order valence-corrected chi connectivity index (χ1v) is 10.4. The van der Waals surface area contributed by atoms with Crippen molar-refractivity contribution in [1.29, 1.82) is 0 Å². The van der Waals surface area contributed by atoms with E-state index in [-0.39, 0.29) is 17.0 Å². The first kappa shape index (κ1) is 21.6. The smallest absolute Gasteiger partial charge is 0.378 e. The highest BCUT2D eigenvalue weighted by atomic mass is 32.1. The predicted octanol–water partition coefficient (Wildman–Crippen LogP) is 5.23. The Bertz CT molecular complexity index is 1180. The highest BCUT2D eigenvalue weighted by Gasteiger charge is 2.41. The fourth-order valence-corrected chi connectivity index (χ4v) is 4.08. The Balaban J connectivity index is 1.71. The molecule has 4 rings (SSSR count). The lowest BCUT2D eigenvalue weighted by atomic mass is 10.1. The molecule has 2 heterocycles. The van der Waals surface area contributed by atoms with Gasteiger partial charge in [-0.05, 0) is 60.0 Å². The zero-order valence-corrected chi connectivity index (χ0v) is 17.9. The average Bonchev–Trinajstić information content (AvgIpc) is 3.35. The fraction of sp³-hybridized carbons (Fsp3) is 0.130. The second kappa shape index (κ2) is 8.16. The van der Waals surface area contributed by atoms with Gasteiger partial charge in [-0.2, -0.15) is 13.2 Å². The Morgan fingerprint density at radius 1 is 0.906 bits per heavy atom. The second-order valence-corrected chi connectivity index (χ2v) is 8.23. The van der Waals surface area contributed by atoms with Crippen LogP contribution in [0.5, 0.6) is 0 Å². The van der Waals surface area contributed by atoms with Gasteiger partial charge in [0.1, 0.15) is 5.70 Å². The number of alkyl halides is 3. The summed E-state index contributed by atoms with van der Waals surface area (Å²) < 4.78 is 38.7. The molecule has 0 spiro atoms. The van der Waals surface area contributed by atoms with E-state index in [1.807, 2.05) is 31.1 Å². The van der Waals surface area contributed by atoms with E-state index in [1.54, 1.807) is 29.6 Å². The number of carbonyl (C=O) groups excluding carboxylic acids is 2. The first-order valence-electron chi connectivity index (χ1n) is 9.55. The van der Waals surface area contributed by atoms with E-state index in [1.165, 1.54) is 11.3 Å². The maximum absolute atomic E-state index is 13.2. The van der Waals surface area contributed by atoms with Crippen LogP contribution in [-0.2, 0) is 15.8 Å². The van der Waals surface area contributed by atoms with Crippen LogP contribution in [-0.4, -0.2) is 25.9 Å². The van der Waals surface area contributed by atoms with Crippen molar-refractivity contribution in [1.82, 2.24) is 0 Å². The standard InChI is InChI=1S/C23H18F3N3O2S/c1-28(2)16-11-7-15(8-12-16)27-20-19(18-4-3-13-32-18)21(30)29(22(20)31)17-9-5-14(6-10-17)23(24,25)26/h3-13,27H,1-2H3. The number of amides is 2. The van der Waals surface area contributed by atoms with Crippen molar-refractivity contribution in [3.8, 4) is 0 Å². The number of hydrogen-bond acceptors (Lipinski definition) is 5. The Morgan fingerprint density at radius 3 is 2.09 bits per heavy atom. The van der Waals surface area contributed by atoms with Gasteiger partial charge in [-0.3, -0.25) is 9.59 Å². The monoisotopic (exact) mass is 457 g/mol. The van der Waals surface area contributed by atoms with Crippen LogP contribution in [0, 0.1) is 0 Å². The molecule has 0 saturated carbocycles. The summed E-state index contributed by atoms with van der Waals surface area (Å²) in [7, 11) is 3.81. The van der Waals surface area contributed by atoms with E-state index in [0.717, 1.165) is 34.9 Å². The van der Waals surface area contributed by atoms with Gasteiger partial charge in [0.25, 0.3) is 11.8 Å². The Hall–Kier alpha value is -3.59. The number of nitrogens with one attached hydrogen (secondary N) is 1. The van der Waals surface area contributed by atoms with Gasteiger partial charge in [-0.25, -0.2) is 4.90 Å². The zero-order chi connectivity index (χ0) is 23.0. The minimum atomic E-state index is -4.51. The molecule has 0 atom stereocenters. The molecule has 0 aliphatic carbocycles. The summed E-state index contributed by atoms with van der Waals surface area (Å²) in [5.74, 6) is -1.22. The maximum atomic E-state index is 13.2. The minimum Gasteiger partial charge on any atom is -0.378 e. The molecule has 5 nitrogen and oxygen atoms in total. The van der Waals surface area contributed by atoms with Crippen LogP contribution >= 0.6 is 11.3 Å². The molecule has 2 aromatic carbocycles. The van der Waals surface area contributed by atoms with E-state index >= 15 is 0 Å². The number of anilines is 3. The van der Waals surface area contributed by atoms with E-state index in [4.69, 9.17) is 0 Å². The number of imide groups is 1. The lowest BCUT2D eigenvalue weighted by molar-refractivity contribution is -0.137. The summed E-state index contributed by atoms with van der Waals surface area (Å²) >= 11 is 1.30. The van der Waals surface area contributed by atoms with Crippen LogP contribution in [0.15, 0.2) is 71.7 Å². The van der Waals surface area contributed by atoms with Gasteiger partial charge in [0.15, 0.2) is 0 Å². The fourth-order valence-electron chi connectivity index (χ4n) is 3.32. The van der Waals surface area contributed by atoms with Crippen LogP contribution in [0.1, 0.15) is 10.4 Å². The molecule has 164 valence electrons. The first-order chi connectivity index (χ1) is 15.2. The molecule has 1 N–H and O–H groups in total. The van der Waals surface area contributed by atoms with Crippen LogP contribution < -0.4 is 15.1 Å². The van der Waals surface area contributed by atoms with E-state index in [9.17, 15) is 22.8 Å². The lowest BCUT2D eigenvalue weighted by Gasteiger charge is -2.17. The summed E-state index contributed by atoms with van der Waals surface area (Å²) in [6.45, 7) is 0. The maximum Gasteiger partial charge on any atom is 0.416 e. The largest absolute Gasteiger partial charge is 0.416 e. The van der Waals surface area contributed by atoms with Gasteiger partial charge >= 0.3 is 6.18 Å². The third kappa shape index (κ3) is 3.99. The van der Waals surface area contributed by atoms with Crippen molar-refractivity contribution in [3.05, 3.63) is 82.2 Å². The number of rotatable bonds is 5. The van der Waals surface area contributed by atoms with Gasteiger partial charge < -0.3 is 10.2 Å². The van der Waals surface area contributed by atoms with Crippen molar-refractivity contribution in [2.24, 2.45) is 0 Å². The number of carbonyl (C=O) groups is 2. The molecule has 32 heavy (non-hydrogen) atoms. The number of hydrogen-bond donors (Lipinski definition) is 1. The van der Waals surface area contributed by atoms with Gasteiger partial charge in [0.2, 0.25) is 0 Å². The van der Waals surface area contributed by atoms with E-state index in [0.29, 0.717) is 10.6 Å². The van der Waals surface area contributed by atoms with Crippen molar-refractivity contribution in [2.45, 2.75) is 6.18 Å². The molecule has 1 aliphatic heterocycles. The van der Waals surface area contributed by atoms with E-state index < -0.39 is 23.6 Å². The quantitative estimate of drug-likeness (QED) is 0.533. The Kier molecular flexibility index (Phi) is 5.52. The second-order valence-electron chi connectivity index (χ2n) is 7.28. The lowest BCUT2D eigenvalue weighted by Crippen LogP contribution is -2.32. The van der Waals surface area contributed by atoms with E-state index in [2.05, 4.69) is 5.32 Å². The van der Waals surface area contributed by atoms with Crippen LogP contribution in [0.3, 0.4) is 0 Å². The van der Waals surface area contributed by atoms with Crippen LogP contribution in [0.25, 0.3) is 5.57 Å². The number of benzene rings is 2.